The van der Waals surface area contributed by atoms with Gasteiger partial charge in [0.25, 0.3) is 0 Å². The second-order valence-corrected chi connectivity index (χ2v) is 4.80. The zero-order valence-electron chi connectivity index (χ0n) is 10.2. The van der Waals surface area contributed by atoms with Crippen molar-refractivity contribution in [3.05, 3.63) is 11.9 Å². The smallest absolute Gasteiger partial charge is 0.0967 e. The second kappa shape index (κ2) is 6.33. The van der Waals surface area contributed by atoms with Gasteiger partial charge in [0.05, 0.1) is 18.4 Å². The minimum Gasteiger partial charge on any atom is -0.377 e. The summed E-state index contributed by atoms with van der Waals surface area (Å²) in [4.78, 5) is 2.39. The summed E-state index contributed by atoms with van der Waals surface area (Å²) >= 11 is 5.61. The Morgan fingerprint density at radius 3 is 2.82 bits per heavy atom. The lowest BCUT2D eigenvalue weighted by Gasteiger charge is -2.31. The van der Waals surface area contributed by atoms with Crippen molar-refractivity contribution in [3.63, 3.8) is 0 Å². The molecule has 1 fully saturated rings. The lowest BCUT2D eigenvalue weighted by Crippen LogP contribution is -2.36. The van der Waals surface area contributed by atoms with Crippen molar-refractivity contribution in [1.82, 2.24) is 19.9 Å². The molecule has 6 heteroatoms. The van der Waals surface area contributed by atoms with Crippen molar-refractivity contribution >= 4 is 11.6 Å². The third-order valence-corrected chi connectivity index (χ3v) is 3.16. The molecule has 0 aliphatic carbocycles. The van der Waals surface area contributed by atoms with Crippen LogP contribution in [0.2, 0.25) is 0 Å². The van der Waals surface area contributed by atoms with Crippen LogP contribution < -0.4 is 0 Å². The van der Waals surface area contributed by atoms with Crippen LogP contribution in [0.5, 0.6) is 0 Å². The normalized spacial score (nSPS) is 18.7. The molecule has 2 rings (SSSR count). The molecule has 96 valence electrons. The maximum atomic E-state index is 5.64. The number of hydrogen-bond acceptors (Lipinski definition) is 4. The number of aryl methyl sites for hydroxylation is 1. The van der Waals surface area contributed by atoms with Gasteiger partial charge < -0.3 is 4.74 Å². The number of piperidine rings is 1. The molecule has 0 radical (unpaired) electrons. The molecule has 17 heavy (non-hydrogen) atoms. The van der Waals surface area contributed by atoms with E-state index >= 15 is 0 Å². The van der Waals surface area contributed by atoms with E-state index in [0.717, 1.165) is 38.2 Å². The minimum absolute atomic E-state index is 0.381. The highest BCUT2D eigenvalue weighted by atomic mass is 35.5. The van der Waals surface area contributed by atoms with Gasteiger partial charge in [-0.2, -0.15) is 0 Å². The topological polar surface area (TPSA) is 43.2 Å². The number of alkyl halides is 1. The quantitative estimate of drug-likeness (QED) is 0.740. The Hall–Kier alpha value is -0.650. The second-order valence-electron chi connectivity index (χ2n) is 4.42. The highest BCUT2D eigenvalue weighted by Gasteiger charge is 2.20. The number of nitrogens with zero attached hydrogens (tertiary/aromatic N) is 4. The van der Waals surface area contributed by atoms with E-state index in [4.69, 9.17) is 16.3 Å². The van der Waals surface area contributed by atoms with Gasteiger partial charge in [-0.05, 0) is 12.8 Å². The molecule has 0 amide bonds. The lowest BCUT2D eigenvalue weighted by atomic mass is 10.1. The Bertz CT molecular complexity index is 336. The van der Waals surface area contributed by atoms with Crippen LogP contribution in [0.3, 0.4) is 0 Å². The summed E-state index contributed by atoms with van der Waals surface area (Å²) in [5.74, 6) is 0.583. The molecule has 2 heterocycles. The molecule has 1 saturated heterocycles. The van der Waals surface area contributed by atoms with Crippen LogP contribution in [0.15, 0.2) is 6.20 Å². The Kier molecular flexibility index (Phi) is 4.76. The molecule has 1 aliphatic heterocycles. The maximum absolute atomic E-state index is 5.64. The van der Waals surface area contributed by atoms with E-state index in [1.54, 1.807) is 4.68 Å². The van der Waals surface area contributed by atoms with Crippen LogP contribution >= 0.6 is 11.6 Å². The van der Waals surface area contributed by atoms with Crippen molar-refractivity contribution in [2.45, 2.75) is 25.5 Å². The monoisotopic (exact) mass is 258 g/mol. The Labute approximate surface area is 107 Å². The van der Waals surface area contributed by atoms with E-state index in [-0.39, 0.29) is 0 Å². The van der Waals surface area contributed by atoms with Gasteiger partial charge in [-0.3, -0.25) is 9.58 Å². The first kappa shape index (κ1) is 12.8. The van der Waals surface area contributed by atoms with Crippen LogP contribution in [0.4, 0.5) is 0 Å². The summed E-state index contributed by atoms with van der Waals surface area (Å²) in [6, 6.07) is 0. The summed E-state index contributed by atoms with van der Waals surface area (Å²) in [5, 5.41) is 8.04. The Morgan fingerprint density at radius 1 is 1.47 bits per heavy atom. The van der Waals surface area contributed by atoms with Gasteiger partial charge in [-0.1, -0.05) is 5.21 Å². The minimum atomic E-state index is 0.381. The number of likely N-dealkylation sites (tertiary alicyclic amines) is 1. The molecule has 0 bridgehead atoms. The van der Waals surface area contributed by atoms with Crippen molar-refractivity contribution < 1.29 is 4.74 Å². The molecule has 0 unspecified atom stereocenters. The van der Waals surface area contributed by atoms with Crippen LogP contribution in [-0.4, -0.2) is 51.6 Å². The SMILES string of the molecule is Cn1cc(CN2CCC(OCCCl)CC2)nn1. The summed E-state index contributed by atoms with van der Waals surface area (Å²) in [7, 11) is 1.89. The van der Waals surface area contributed by atoms with Crippen molar-refractivity contribution in [2.75, 3.05) is 25.6 Å². The zero-order chi connectivity index (χ0) is 12.1. The molecule has 0 N–H and O–H groups in total. The number of ether oxygens (including phenoxy) is 1. The molecule has 1 aliphatic rings. The summed E-state index contributed by atoms with van der Waals surface area (Å²) in [6.45, 7) is 3.67. The lowest BCUT2D eigenvalue weighted by molar-refractivity contribution is 0.0132. The maximum Gasteiger partial charge on any atom is 0.0967 e. The molecular formula is C11H19ClN4O. The molecule has 0 atom stereocenters. The number of aromatic nitrogens is 3. The third kappa shape index (κ3) is 3.94. The fourth-order valence-corrected chi connectivity index (χ4v) is 2.23. The Balaban J connectivity index is 1.72. The van der Waals surface area contributed by atoms with E-state index < -0.39 is 0 Å². The van der Waals surface area contributed by atoms with E-state index in [0.29, 0.717) is 18.6 Å². The van der Waals surface area contributed by atoms with Gasteiger partial charge in [-0.15, -0.1) is 16.7 Å². The van der Waals surface area contributed by atoms with E-state index in [1.807, 2.05) is 13.2 Å². The van der Waals surface area contributed by atoms with Gasteiger partial charge >= 0.3 is 0 Å². The first-order valence-corrected chi connectivity index (χ1v) is 6.56. The van der Waals surface area contributed by atoms with Crippen LogP contribution in [0, 0.1) is 0 Å². The Morgan fingerprint density at radius 2 is 2.24 bits per heavy atom. The number of halogens is 1. The molecule has 0 spiro atoms. The number of rotatable bonds is 5. The van der Waals surface area contributed by atoms with Crippen LogP contribution in [-0.2, 0) is 18.3 Å². The predicted molar refractivity (Wildman–Crippen MR) is 66.0 cm³/mol. The fraction of sp³-hybridized carbons (Fsp3) is 0.818. The molecule has 0 aromatic carbocycles. The van der Waals surface area contributed by atoms with Crippen LogP contribution in [0.25, 0.3) is 0 Å². The summed E-state index contributed by atoms with van der Waals surface area (Å²) in [6.07, 6.45) is 4.51. The molecule has 1 aromatic rings. The molecule has 1 aromatic heterocycles. The van der Waals surface area contributed by atoms with Crippen molar-refractivity contribution in [3.8, 4) is 0 Å². The van der Waals surface area contributed by atoms with Crippen LogP contribution in [0.1, 0.15) is 18.5 Å². The zero-order valence-corrected chi connectivity index (χ0v) is 10.9. The first-order chi connectivity index (χ1) is 8.28. The van der Waals surface area contributed by atoms with Gasteiger partial charge in [0.1, 0.15) is 0 Å². The number of hydrogen-bond donors (Lipinski definition) is 0. The van der Waals surface area contributed by atoms with Gasteiger partial charge in [-0.25, -0.2) is 0 Å². The highest BCUT2D eigenvalue weighted by molar-refractivity contribution is 6.17. The van der Waals surface area contributed by atoms with E-state index in [1.165, 1.54) is 0 Å². The largest absolute Gasteiger partial charge is 0.377 e. The van der Waals surface area contributed by atoms with Crippen molar-refractivity contribution in [1.29, 1.82) is 0 Å². The predicted octanol–water partition coefficient (Wildman–Crippen LogP) is 1.03. The van der Waals surface area contributed by atoms with Gasteiger partial charge in [0, 0.05) is 38.8 Å². The van der Waals surface area contributed by atoms with E-state index in [9.17, 15) is 0 Å². The molecule has 0 saturated carbocycles. The average Bonchev–Trinajstić information content (AvgIpc) is 2.74. The summed E-state index contributed by atoms with van der Waals surface area (Å²) in [5.41, 5.74) is 1.03. The highest BCUT2D eigenvalue weighted by Crippen LogP contribution is 2.15. The average molecular weight is 259 g/mol. The molecular weight excluding hydrogens is 240 g/mol. The van der Waals surface area contributed by atoms with E-state index in [2.05, 4.69) is 15.2 Å². The summed E-state index contributed by atoms with van der Waals surface area (Å²) < 4.78 is 7.39. The standard InChI is InChI=1S/C11H19ClN4O/c1-15-8-10(13-14-15)9-16-5-2-11(3-6-16)17-7-4-12/h8,11H,2-7,9H2,1H3. The molecule has 5 nitrogen and oxygen atoms in total. The van der Waals surface area contributed by atoms with Gasteiger partial charge in [0.2, 0.25) is 0 Å². The third-order valence-electron chi connectivity index (χ3n) is 3.00. The van der Waals surface area contributed by atoms with Gasteiger partial charge in [0.15, 0.2) is 0 Å². The fourth-order valence-electron chi connectivity index (χ4n) is 2.14. The first-order valence-electron chi connectivity index (χ1n) is 6.03. The van der Waals surface area contributed by atoms with Crippen molar-refractivity contribution in [2.24, 2.45) is 7.05 Å².